The van der Waals surface area contributed by atoms with Crippen LogP contribution in [0.15, 0.2) is 10.5 Å². The van der Waals surface area contributed by atoms with Crippen LogP contribution in [-0.2, 0) is 19.2 Å². The molecule has 0 fully saturated rings. The second kappa shape index (κ2) is 7.06. The fourth-order valence-corrected chi connectivity index (χ4v) is 1.52. The zero-order valence-electron chi connectivity index (χ0n) is 9.53. The van der Waals surface area contributed by atoms with E-state index in [0.29, 0.717) is 6.29 Å². The minimum atomic E-state index is -1.24. The lowest BCUT2D eigenvalue weighted by Crippen LogP contribution is -2.33. The number of oxime groups is 1. The summed E-state index contributed by atoms with van der Waals surface area (Å²) in [7, 11) is 0. The molecule has 0 saturated carbocycles. The fourth-order valence-electron chi connectivity index (χ4n) is 0.971. The van der Waals surface area contributed by atoms with E-state index in [2.05, 4.69) is 20.3 Å². The normalized spacial score (nSPS) is 10.8. The van der Waals surface area contributed by atoms with Gasteiger partial charge in [0.15, 0.2) is 10.8 Å². The number of carboxylic acid groups (broad SMARTS) is 1. The minimum Gasteiger partial charge on any atom is -0.479 e. The Morgan fingerprint density at radius 1 is 1.63 bits per heavy atom. The zero-order chi connectivity index (χ0) is 14.3. The molecule has 0 spiro atoms. The maximum atomic E-state index is 11.7. The van der Waals surface area contributed by atoms with Crippen molar-refractivity contribution in [1.29, 1.82) is 0 Å². The van der Waals surface area contributed by atoms with Gasteiger partial charge < -0.3 is 25.8 Å². The van der Waals surface area contributed by atoms with Gasteiger partial charge >= 0.3 is 5.97 Å². The number of rotatable bonds is 7. The summed E-state index contributed by atoms with van der Waals surface area (Å²) in [4.78, 5) is 40.5. The van der Waals surface area contributed by atoms with Gasteiger partial charge in [-0.3, -0.25) is 4.79 Å². The quantitative estimate of drug-likeness (QED) is 0.326. The van der Waals surface area contributed by atoms with Crippen molar-refractivity contribution in [2.24, 2.45) is 5.16 Å². The molecule has 10 heteroatoms. The van der Waals surface area contributed by atoms with Crippen LogP contribution in [0.4, 0.5) is 5.13 Å². The lowest BCUT2D eigenvalue weighted by atomic mass is 10.3. The van der Waals surface area contributed by atoms with Gasteiger partial charge in [0.1, 0.15) is 12.0 Å². The van der Waals surface area contributed by atoms with Crippen LogP contribution >= 0.6 is 11.3 Å². The Labute approximate surface area is 111 Å². The van der Waals surface area contributed by atoms with Crippen LogP contribution < -0.4 is 11.1 Å². The Kier molecular flexibility index (Phi) is 5.41. The van der Waals surface area contributed by atoms with Crippen molar-refractivity contribution in [3.8, 4) is 0 Å². The van der Waals surface area contributed by atoms with E-state index < -0.39 is 18.5 Å². The van der Waals surface area contributed by atoms with Crippen LogP contribution in [0.25, 0.3) is 0 Å². The van der Waals surface area contributed by atoms with Crippen LogP contribution in [0.5, 0.6) is 0 Å². The SMILES string of the molecule is Nc1nc(/C(=N/OCC(=O)O)C(=O)NCC=O)cs1. The predicted molar refractivity (Wildman–Crippen MR) is 65.7 cm³/mol. The number of thiazole rings is 1. The number of carbonyl (C=O) groups is 3. The Balaban J connectivity index is 2.87. The minimum absolute atomic E-state index is 0.135. The van der Waals surface area contributed by atoms with Gasteiger partial charge in [0.2, 0.25) is 6.61 Å². The third-order valence-corrected chi connectivity index (χ3v) is 2.34. The lowest BCUT2D eigenvalue weighted by Gasteiger charge is -2.03. The number of hydrogen-bond acceptors (Lipinski definition) is 8. The molecule has 1 amide bonds. The average Bonchev–Trinajstić information content (AvgIpc) is 2.77. The summed E-state index contributed by atoms with van der Waals surface area (Å²) < 4.78 is 0. The second-order valence-corrected chi connectivity index (χ2v) is 3.94. The summed E-state index contributed by atoms with van der Waals surface area (Å²) in [6.45, 7) is -0.916. The number of carbonyl (C=O) groups excluding carboxylic acids is 2. The molecular weight excluding hydrogens is 276 g/mol. The second-order valence-electron chi connectivity index (χ2n) is 3.05. The molecular formula is C9H10N4O5S. The number of carboxylic acids is 1. The predicted octanol–water partition coefficient (Wildman–Crippen LogP) is -1.15. The molecule has 9 nitrogen and oxygen atoms in total. The van der Waals surface area contributed by atoms with Crippen molar-refractivity contribution in [2.45, 2.75) is 0 Å². The molecule has 102 valence electrons. The number of aromatic nitrogens is 1. The highest BCUT2D eigenvalue weighted by atomic mass is 32.1. The zero-order valence-corrected chi connectivity index (χ0v) is 10.3. The first kappa shape index (κ1) is 14.6. The molecule has 0 unspecified atom stereocenters. The summed E-state index contributed by atoms with van der Waals surface area (Å²) in [6, 6.07) is 0. The van der Waals surface area contributed by atoms with Crippen LogP contribution in [0.3, 0.4) is 0 Å². The van der Waals surface area contributed by atoms with Gasteiger partial charge in [-0.15, -0.1) is 11.3 Å². The van der Waals surface area contributed by atoms with Crippen molar-refractivity contribution in [1.82, 2.24) is 10.3 Å². The topological polar surface area (TPSA) is 144 Å². The molecule has 0 aliphatic heterocycles. The van der Waals surface area contributed by atoms with E-state index in [1.165, 1.54) is 5.38 Å². The smallest absolute Gasteiger partial charge is 0.344 e. The van der Waals surface area contributed by atoms with Crippen LogP contribution in [0.1, 0.15) is 5.69 Å². The molecule has 1 aromatic rings. The molecule has 0 saturated heterocycles. The number of nitrogen functional groups attached to an aromatic ring is 1. The lowest BCUT2D eigenvalue weighted by molar-refractivity contribution is -0.142. The van der Waals surface area contributed by atoms with Crippen molar-refractivity contribution >= 4 is 40.3 Å². The summed E-state index contributed by atoms with van der Waals surface area (Å²) >= 11 is 1.08. The van der Waals surface area contributed by atoms with Gasteiger partial charge in [-0.05, 0) is 0 Å². The van der Waals surface area contributed by atoms with E-state index in [0.717, 1.165) is 11.3 Å². The Morgan fingerprint density at radius 3 is 2.89 bits per heavy atom. The molecule has 0 aliphatic rings. The first-order valence-electron chi connectivity index (χ1n) is 4.89. The highest BCUT2D eigenvalue weighted by Crippen LogP contribution is 2.12. The average molecular weight is 286 g/mol. The summed E-state index contributed by atoms with van der Waals surface area (Å²) in [5.74, 6) is -1.96. The Bertz CT molecular complexity index is 512. The number of anilines is 1. The summed E-state index contributed by atoms with van der Waals surface area (Å²) in [6.07, 6.45) is 0.489. The summed E-state index contributed by atoms with van der Waals surface area (Å²) in [5.41, 5.74) is 5.30. The van der Waals surface area contributed by atoms with Gasteiger partial charge in [-0.1, -0.05) is 5.16 Å². The molecule has 1 rings (SSSR count). The number of aldehydes is 1. The third-order valence-electron chi connectivity index (χ3n) is 1.67. The molecule has 19 heavy (non-hydrogen) atoms. The Hall–Kier alpha value is -2.49. The van der Waals surface area contributed by atoms with Crippen molar-refractivity contribution < 1.29 is 24.3 Å². The Morgan fingerprint density at radius 2 is 2.37 bits per heavy atom. The van der Waals surface area contributed by atoms with Gasteiger partial charge in [-0.2, -0.15) is 0 Å². The highest BCUT2D eigenvalue weighted by molar-refractivity contribution is 7.13. The number of amides is 1. The third kappa shape index (κ3) is 4.71. The van der Waals surface area contributed by atoms with E-state index in [9.17, 15) is 14.4 Å². The van der Waals surface area contributed by atoms with Gasteiger partial charge in [0.05, 0.1) is 6.54 Å². The molecule has 4 N–H and O–H groups in total. The molecule has 0 radical (unpaired) electrons. The van der Waals surface area contributed by atoms with E-state index in [1.807, 2.05) is 0 Å². The number of nitrogens with one attached hydrogen (secondary N) is 1. The standard InChI is InChI=1S/C9H10N4O5S/c10-9-12-5(4-19-9)7(8(17)11-1-2-14)13-18-3-6(15)16/h2,4H,1,3H2,(H2,10,12)(H,11,17)(H,15,16)/b13-7-. The van der Waals surface area contributed by atoms with Gasteiger partial charge in [-0.25, -0.2) is 9.78 Å². The number of aliphatic carboxylic acids is 1. The fraction of sp³-hybridized carbons (Fsp3) is 0.222. The van der Waals surface area contributed by atoms with Crippen molar-refractivity contribution in [2.75, 3.05) is 18.9 Å². The van der Waals surface area contributed by atoms with E-state index >= 15 is 0 Å². The van der Waals surface area contributed by atoms with E-state index in [-0.39, 0.29) is 23.1 Å². The van der Waals surface area contributed by atoms with Crippen LogP contribution in [0.2, 0.25) is 0 Å². The monoisotopic (exact) mass is 286 g/mol. The molecule has 1 aromatic heterocycles. The van der Waals surface area contributed by atoms with Gasteiger partial charge in [0, 0.05) is 5.38 Å². The van der Waals surface area contributed by atoms with Crippen LogP contribution in [0, 0.1) is 0 Å². The molecule has 0 aliphatic carbocycles. The molecule has 0 atom stereocenters. The first-order valence-corrected chi connectivity index (χ1v) is 5.77. The van der Waals surface area contributed by atoms with E-state index in [4.69, 9.17) is 10.8 Å². The summed E-state index contributed by atoms with van der Waals surface area (Å²) in [5, 5.41) is 15.7. The van der Waals surface area contributed by atoms with Gasteiger partial charge in [0.25, 0.3) is 5.91 Å². The maximum absolute atomic E-state index is 11.7. The largest absolute Gasteiger partial charge is 0.479 e. The number of nitrogens with two attached hydrogens (primary N) is 1. The number of hydrogen-bond donors (Lipinski definition) is 3. The maximum Gasteiger partial charge on any atom is 0.344 e. The molecule has 1 heterocycles. The van der Waals surface area contributed by atoms with E-state index in [1.54, 1.807) is 0 Å². The number of nitrogens with zero attached hydrogens (tertiary/aromatic N) is 2. The molecule has 0 aromatic carbocycles. The van der Waals surface area contributed by atoms with Crippen molar-refractivity contribution in [3.63, 3.8) is 0 Å². The van der Waals surface area contributed by atoms with Crippen LogP contribution in [-0.4, -0.2) is 47.1 Å². The van der Waals surface area contributed by atoms with Crippen molar-refractivity contribution in [3.05, 3.63) is 11.1 Å². The first-order chi connectivity index (χ1) is 9.04. The highest BCUT2D eigenvalue weighted by Gasteiger charge is 2.18. The molecule has 0 bridgehead atoms.